The Kier molecular flexibility index (Phi) is 6.39. The van der Waals surface area contributed by atoms with Crippen molar-refractivity contribution >= 4 is 40.1 Å². The zero-order valence-corrected chi connectivity index (χ0v) is 19.7. The Balaban J connectivity index is 1.79. The van der Waals surface area contributed by atoms with Gasteiger partial charge >= 0.3 is 0 Å². The number of amides is 2. The van der Waals surface area contributed by atoms with E-state index in [-0.39, 0.29) is 17.2 Å². The van der Waals surface area contributed by atoms with Crippen LogP contribution in [0.1, 0.15) is 56.1 Å². The minimum absolute atomic E-state index is 0.0145. The van der Waals surface area contributed by atoms with Gasteiger partial charge in [0, 0.05) is 10.3 Å². The van der Waals surface area contributed by atoms with Crippen LogP contribution in [0.4, 0.5) is 0 Å². The quantitative estimate of drug-likeness (QED) is 0.686. The number of nitrogens with one attached hydrogen (secondary N) is 1. The van der Waals surface area contributed by atoms with Crippen LogP contribution in [0.5, 0.6) is 0 Å². The summed E-state index contributed by atoms with van der Waals surface area (Å²) in [4.78, 5) is 27.8. The number of benzene rings is 2. The van der Waals surface area contributed by atoms with Crippen LogP contribution in [0.15, 0.2) is 54.6 Å². The second-order valence-electron chi connectivity index (χ2n) is 9.12. The van der Waals surface area contributed by atoms with Crippen molar-refractivity contribution in [2.75, 3.05) is 0 Å². The fourth-order valence-electron chi connectivity index (χ4n) is 3.36. The molecule has 1 aliphatic heterocycles. The molecular weight excluding hydrogens is 412 g/mol. The van der Waals surface area contributed by atoms with E-state index in [0.717, 1.165) is 11.1 Å². The highest BCUT2D eigenvalue weighted by Crippen LogP contribution is 2.37. The molecule has 30 heavy (non-hydrogen) atoms. The Labute approximate surface area is 188 Å². The highest BCUT2D eigenvalue weighted by atomic mass is 32.2. The molecule has 0 bridgehead atoms. The van der Waals surface area contributed by atoms with Gasteiger partial charge in [0.15, 0.2) is 0 Å². The van der Waals surface area contributed by atoms with Crippen LogP contribution in [-0.4, -0.2) is 31.8 Å². The highest BCUT2D eigenvalue weighted by molar-refractivity contribution is 8.24. The van der Waals surface area contributed by atoms with Gasteiger partial charge in [-0.25, -0.2) is 0 Å². The Morgan fingerprint density at radius 2 is 1.70 bits per heavy atom. The summed E-state index contributed by atoms with van der Waals surface area (Å²) >= 11 is 6.96. The number of carbonyl (C=O) groups excluding carboxylic acids is 2. The number of nitrogens with zero attached hydrogens (tertiary/aromatic N) is 1. The molecule has 2 amide bonds. The largest absolute Gasteiger partial charge is 0.339 e. The molecule has 0 aromatic heterocycles. The number of thiocarbonyl (C=S) groups is 1. The van der Waals surface area contributed by atoms with Crippen LogP contribution in [0.25, 0.3) is 0 Å². The molecule has 3 rings (SSSR count). The third kappa shape index (κ3) is 4.93. The molecule has 1 heterocycles. The molecule has 1 fully saturated rings. The lowest BCUT2D eigenvalue weighted by molar-refractivity contribution is -0.130. The molecule has 1 saturated heterocycles. The molecule has 4 nitrogen and oxygen atoms in total. The molecule has 1 N–H and O–H groups in total. The average molecular weight is 441 g/mol. The van der Waals surface area contributed by atoms with Crippen molar-refractivity contribution in [2.45, 2.75) is 57.4 Å². The standard InChI is InChI=1S/C24H28N2O2S2/c1-23(2,3)18-13-11-17(12-14-18)20(27)25-19-21(28)26(22(29)30-24(19,4)5)15-16-9-7-6-8-10-16/h6-14,19H,15H2,1-5H3,(H,25,27). The summed E-state index contributed by atoms with van der Waals surface area (Å²) in [6, 6.07) is 16.6. The van der Waals surface area contributed by atoms with Crippen LogP contribution in [-0.2, 0) is 16.8 Å². The third-order valence-corrected chi connectivity index (χ3v) is 6.88. The average Bonchev–Trinajstić information content (AvgIpc) is 2.68. The maximum absolute atomic E-state index is 13.3. The molecular formula is C24H28N2O2S2. The van der Waals surface area contributed by atoms with Crippen LogP contribution < -0.4 is 5.32 Å². The first kappa shape index (κ1) is 22.5. The Hall–Kier alpha value is -2.18. The summed E-state index contributed by atoms with van der Waals surface area (Å²) < 4.78 is -0.00332. The normalized spacial score (nSPS) is 19.0. The van der Waals surface area contributed by atoms with Crippen LogP contribution >= 0.6 is 24.0 Å². The van der Waals surface area contributed by atoms with Crippen molar-refractivity contribution in [3.63, 3.8) is 0 Å². The molecule has 0 radical (unpaired) electrons. The maximum Gasteiger partial charge on any atom is 0.252 e. The van der Waals surface area contributed by atoms with Gasteiger partial charge in [0.25, 0.3) is 11.8 Å². The fourth-order valence-corrected chi connectivity index (χ4v) is 5.15. The predicted octanol–water partition coefficient (Wildman–Crippen LogP) is 4.92. The van der Waals surface area contributed by atoms with Gasteiger partial charge in [-0.2, -0.15) is 0 Å². The van der Waals surface area contributed by atoms with E-state index in [1.165, 1.54) is 11.8 Å². The second kappa shape index (κ2) is 8.52. The lowest BCUT2D eigenvalue weighted by Gasteiger charge is -2.42. The van der Waals surface area contributed by atoms with Gasteiger partial charge in [-0.15, -0.1) is 0 Å². The van der Waals surface area contributed by atoms with Crippen molar-refractivity contribution in [3.05, 3.63) is 71.3 Å². The minimum Gasteiger partial charge on any atom is -0.339 e. The molecule has 158 valence electrons. The van der Waals surface area contributed by atoms with Gasteiger partial charge in [-0.05, 0) is 42.5 Å². The molecule has 0 aliphatic carbocycles. The summed E-state index contributed by atoms with van der Waals surface area (Å²) in [7, 11) is 0. The van der Waals surface area contributed by atoms with E-state index in [4.69, 9.17) is 12.2 Å². The number of hydrogen-bond acceptors (Lipinski definition) is 4. The maximum atomic E-state index is 13.3. The zero-order chi connectivity index (χ0) is 22.1. The van der Waals surface area contributed by atoms with Gasteiger partial charge in [-0.3, -0.25) is 14.5 Å². The molecule has 6 heteroatoms. The van der Waals surface area contributed by atoms with Gasteiger partial charge in [0.1, 0.15) is 10.4 Å². The van der Waals surface area contributed by atoms with Gasteiger partial charge < -0.3 is 5.32 Å². The van der Waals surface area contributed by atoms with Crippen molar-refractivity contribution in [1.82, 2.24) is 10.2 Å². The summed E-state index contributed by atoms with van der Waals surface area (Å²) in [5.74, 6) is -0.428. The van der Waals surface area contributed by atoms with Gasteiger partial charge in [-0.1, -0.05) is 87.2 Å². The molecule has 0 spiro atoms. The number of rotatable bonds is 4. The van der Waals surface area contributed by atoms with E-state index < -0.39 is 10.8 Å². The lowest BCUT2D eigenvalue weighted by Crippen LogP contribution is -2.62. The van der Waals surface area contributed by atoms with Crippen molar-refractivity contribution in [3.8, 4) is 0 Å². The Bertz CT molecular complexity index is 947. The van der Waals surface area contributed by atoms with Gasteiger partial charge in [0.2, 0.25) is 0 Å². The van der Waals surface area contributed by atoms with E-state index in [1.54, 1.807) is 4.90 Å². The van der Waals surface area contributed by atoms with E-state index in [0.29, 0.717) is 16.4 Å². The lowest BCUT2D eigenvalue weighted by atomic mass is 9.86. The van der Waals surface area contributed by atoms with Crippen molar-refractivity contribution in [2.24, 2.45) is 0 Å². The highest BCUT2D eigenvalue weighted by Gasteiger charge is 2.46. The van der Waals surface area contributed by atoms with E-state index in [1.807, 2.05) is 68.4 Å². The zero-order valence-electron chi connectivity index (χ0n) is 18.1. The van der Waals surface area contributed by atoms with E-state index >= 15 is 0 Å². The summed E-state index contributed by atoms with van der Waals surface area (Å²) in [6.45, 7) is 10.7. The monoisotopic (exact) mass is 440 g/mol. The second-order valence-corrected chi connectivity index (χ2v) is 11.4. The predicted molar refractivity (Wildman–Crippen MR) is 128 cm³/mol. The van der Waals surface area contributed by atoms with Crippen LogP contribution in [0.2, 0.25) is 0 Å². The van der Waals surface area contributed by atoms with Crippen LogP contribution in [0.3, 0.4) is 0 Å². The summed E-state index contributed by atoms with van der Waals surface area (Å²) in [6.07, 6.45) is 0. The third-order valence-electron chi connectivity index (χ3n) is 5.25. The molecule has 1 aliphatic rings. The summed E-state index contributed by atoms with van der Waals surface area (Å²) in [5, 5.41) is 2.96. The topological polar surface area (TPSA) is 49.4 Å². The smallest absolute Gasteiger partial charge is 0.252 e. The number of hydrogen-bond donors (Lipinski definition) is 1. The first-order valence-electron chi connectivity index (χ1n) is 9.99. The van der Waals surface area contributed by atoms with Crippen LogP contribution in [0, 0.1) is 0 Å². The number of thioether (sulfide) groups is 1. The van der Waals surface area contributed by atoms with Crippen molar-refractivity contribution in [1.29, 1.82) is 0 Å². The van der Waals surface area contributed by atoms with Crippen molar-refractivity contribution < 1.29 is 9.59 Å². The molecule has 0 saturated carbocycles. The minimum atomic E-state index is -0.673. The fraction of sp³-hybridized carbons (Fsp3) is 0.375. The SMILES string of the molecule is CC(C)(C)c1ccc(C(=O)NC2C(=O)N(Cc3ccccc3)C(=S)SC2(C)C)cc1. The van der Waals surface area contributed by atoms with E-state index in [9.17, 15) is 9.59 Å². The Morgan fingerprint density at radius 3 is 2.27 bits per heavy atom. The Morgan fingerprint density at radius 1 is 1.10 bits per heavy atom. The molecule has 2 aromatic rings. The first-order chi connectivity index (χ1) is 14.0. The van der Waals surface area contributed by atoms with E-state index in [2.05, 4.69) is 26.1 Å². The first-order valence-corrected chi connectivity index (χ1v) is 11.2. The van der Waals surface area contributed by atoms with Gasteiger partial charge in [0.05, 0.1) is 6.54 Å². The molecule has 1 unspecified atom stereocenters. The summed E-state index contributed by atoms with van der Waals surface area (Å²) in [5.41, 5.74) is 2.71. The molecule has 2 aromatic carbocycles. The molecule has 1 atom stereocenters. The number of carbonyl (C=O) groups is 2.